The zero-order valence-corrected chi connectivity index (χ0v) is 25.4. The first-order chi connectivity index (χ1) is 22.8. The standard InChI is InChI=1S/C44H33N2/c1-3-15-37(16-4-1)44(42-23-11-17-35-13-7-9-21-40(35)42)45-31-29-34(30-32-45)33-25-27-39(28-26-33)46(38-19-5-2-6-20-38)43-24-12-18-36-14-8-10-22-41(36)43/h1-32,44H/q+1. The fourth-order valence-corrected chi connectivity index (χ4v) is 6.65. The minimum Gasteiger partial charge on any atom is -0.310 e. The van der Waals surface area contributed by atoms with Gasteiger partial charge in [0.2, 0.25) is 6.04 Å². The molecule has 0 N–H and O–H groups in total. The molecule has 2 heteroatoms. The number of benzene rings is 7. The maximum absolute atomic E-state index is 2.35. The Morgan fingerprint density at radius 1 is 0.391 bits per heavy atom. The lowest BCUT2D eigenvalue weighted by molar-refractivity contribution is -0.704. The average molecular weight is 590 g/mol. The molecular weight excluding hydrogens is 556 g/mol. The van der Waals surface area contributed by atoms with Crippen molar-refractivity contribution in [3.63, 3.8) is 0 Å². The van der Waals surface area contributed by atoms with Crippen LogP contribution in [0.15, 0.2) is 194 Å². The summed E-state index contributed by atoms with van der Waals surface area (Å²) in [5.74, 6) is 0. The second-order valence-corrected chi connectivity index (χ2v) is 11.6. The van der Waals surface area contributed by atoms with E-state index >= 15 is 0 Å². The van der Waals surface area contributed by atoms with Crippen molar-refractivity contribution in [1.29, 1.82) is 0 Å². The van der Waals surface area contributed by atoms with Crippen molar-refractivity contribution in [3.05, 3.63) is 206 Å². The molecule has 1 atom stereocenters. The Bertz CT molecular complexity index is 2070. The van der Waals surface area contributed by atoms with Crippen LogP contribution >= 0.6 is 0 Å². The van der Waals surface area contributed by atoms with E-state index < -0.39 is 0 Å². The first-order valence-corrected chi connectivity index (χ1v) is 15.8. The van der Waals surface area contributed by atoms with E-state index in [9.17, 15) is 0 Å². The van der Waals surface area contributed by atoms with Crippen molar-refractivity contribution >= 4 is 38.6 Å². The maximum Gasteiger partial charge on any atom is 0.209 e. The number of fused-ring (bicyclic) bond motifs is 2. The number of rotatable bonds is 7. The van der Waals surface area contributed by atoms with Crippen LogP contribution in [0.25, 0.3) is 32.7 Å². The van der Waals surface area contributed by atoms with Gasteiger partial charge in [0.25, 0.3) is 0 Å². The Kier molecular flexibility index (Phi) is 7.30. The lowest BCUT2D eigenvalue weighted by atomic mass is 9.93. The third kappa shape index (κ3) is 5.21. The van der Waals surface area contributed by atoms with E-state index in [1.165, 1.54) is 43.8 Å². The molecule has 0 aliphatic heterocycles. The highest BCUT2D eigenvalue weighted by Crippen LogP contribution is 2.39. The van der Waals surface area contributed by atoms with Gasteiger partial charge in [0.05, 0.1) is 5.69 Å². The maximum atomic E-state index is 2.35. The lowest BCUT2D eigenvalue weighted by Gasteiger charge is -2.27. The highest BCUT2D eigenvalue weighted by atomic mass is 15.1. The summed E-state index contributed by atoms with van der Waals surface area (Å²) in [6, 6.07) is 65.2. The van der Waals surface area contributed by atoms with Gasteiger partial charge in [-0.05, 0) is 57.6 Å². The van der Waals surface area contributed by atoms with Crippen molar-refractivity contribution in [1.82, 2.24) is 0 Å². The first-order valence-electron chi connectivity index (χ1n) is 15.8. The number of hydrogen-bond donors (Lipinski definition) is 0. The molecule has 0 amide bonds. The zero-order chi connectivity index (χ0) is 30.7. The second kappa shape index (κ2) is 12.2. The summed E-state index contributed by atoms with van der Waals surface area (Å²) in [6.45, 7) is 0. The molecule has 7 aromatic carbocycles. The van der Waals surface area contributed by atoms with Crippen LogP contribution in [0.1, 0.15) is 17.2 Å². The third-order valence-electron chi connectivity index (χ3n) is 8.86. The molecule has 0 bridgehead atoms. The van der Waals surface area contributed by atoms with Crippen molar-refractivity contribution in [2.75, 3.05) is 4.90 Å². The van der Waals surface area contributed by atoms with Crippen molar-refractivity contribution < 1.29 is 4.57 Å². The number of aromatic nitrogens is 1. The van der Waals surface area contributed by atoms with Gasteiger partial charge in [0.1, 0.15) is 0 Å². The summed E-state index contributed by atoms with van der Waals surface area (Å²) in [4.78, 5) is 2.35. The Morgan fingerprint density at radius 2 is 0.913 bits per heavy atom. The van der Waals surface area contributed by atoms with Gasteiger partial charge in [-0.3, -0.25) is 0 Å². The molecule has 0 saturated heterocycles. The van der Waals surface area contributed by atoms with Crippen LogP contribution in [0, 0.1) is 0 Å². The van der Waals surface area contributed by atoms with Gasteiger partial charge in [-0.15, -0.1) is 0 Å². The average Bonchev–Trinajstić information content (AvgIpc) is 3.14. The van der Waals surface area contributed by atoms with Crippen molar-refractivity contribution in [3.8, 4) is 11.1 Å². The predicted octanol–water partition coefficient (Wildman–Crippen LogP) is 11.1. The van der Waals surface area contributed by atoms with Gasteiger partial charge in [-0.1, -0.05) is 140 Å². The predicted molar refractivity (Wildman–Crippen MR) is 192 cm³/mol. The smallest absolute Gasteiger partial charge is 0.209 e. The van der Waals surface area contributed by atoms with Crippen LogP contribution in [0.2, 0.25) is 0 Å². The van der Waals surface area contributed by atoms with E-state index in [2.05, 4.69) is 204 Å². The molecule has 46 heavy (non-hydrogen) atoms. The number of hydrogen-bond acceptors (Lipinski definition) is 1. The van der Waals surface area contributed by atoms with Gasteiger partial charge in [-0.2, -0.15) is 4.57 Å². The summed E-state index contributed by atoms with van der Waals surface area (Å²) < 4.78 is 2.33. The molecule has 218 valence electrons. The van der Waals surface area contributed by atoms with Crippen LogP contribution in [0.5, 0.6) is 0 Å². The van der Waals surface area contributed by atoms with E-state index in [0.29, 0.717) is 0 Å². The highest BCUT2D eigenvalue weighted by Gasteiger charge is 2.25. The number of anilines is 3. The second-order valence-electron chi connectivity index (χ2n) is 11.6. The van der Waals surface area contributed by atoms with Crippen LogP contribution in [0.4, 0.5) is 17.1 Å². The lowest BCUT2D eigenvalue weighted by Crippen LogP contribution is -2.40. The van der Waals surface area contributed by atoms with Gasteiger partial charge in [-0.25, -0.2) is 0 Å². The van der Waals surface area contributed by atoms with Crippen molar-refractivity contribution in [2.24, 2.45) is 0 Å². The number of para-hydroxylation sites is 1. The van der Waals surface area contributed by atoms with Gasteiger partial charge in [0.15, 0.2) is 12.4 Å². The molecule has 0 saturated carbocycles. The van der Waals surface area contributed by atoms with Gasteiger partial charge < -0.3 is 4.90 Å². The molecule has 0 radical (unpaired) electrons. The van der Waals surface area contributed by atoms with E-state index in [1.807, 2.05) is 0 Å². The molecule has 1 heterocycles. The van der Waals surface area contributed by atoms with E-state index in [1.54, 1.807) is 0 Å². The first kappa shape index (κ1) is 27.6. The number of nitrogens with zero attached hydrogens (tertiary/aromatic N) is 2. The Hall–Kier alpha value is -5.99. The largest absolute Gasteiger partial charge is 0.310 e. The molecule has 8 rings (SSSR count). The Balaban J connectivity index is 1.16. The highest BCUT2D eigenvalue weighted by molar-refractivity contribution is 5.99. The molecule has 2 nitrogen and oxygen atoms in total. The Morgan fingerprint density at radius 3 is 1.63 bits per heavy atom. The molecule has 1 aromatic heterocycles. The Labute approximate surface area is 270 Å². The fraction of sp³-hybridized carbons (Fsp3) is 0.0227. The summed E-state index contributed by atoms with van der Waals surface area (Å²) in [6.07, 6.45) is 4.43. The molecule has 8 aromatic rings. The topological polar surface area (TPSA) is 7.12 Å². The third-order valence-corrected chi connectivity index (χ3v) is 8.86. The quantitative estimate of drug-likeness (QED) is 0.168. The molecule has 1 unspecified atom stereocenters. The van der Waals surface area contributed by atoms with Gasteiger partial charge in [0, 0.05) is 40.0 Å². The summed E-state index contributed by atoms with van der Waals surface area (Å²) in [7, 11) is 0. The zero-order valence-electron chi connectivity index (χ0n) is 25.4. The summed E-state index contributed by atoms with van der Waals surface area (Å²) in [5, 5.41) is 4.99. The van der Waals surface area contributed by atoms with Crippen LogP contribution in [0.3, 0.4) is 0 Å². The fourth-order valence-electron chi connectivity index (χ4n) is 6.65. The van der Waals surface area contributed by atoms with Crippen LogP contribution in [-0.4, -0.2) is 0 Å². The SMILES string of the molecule is c1ccc(C(c2cccc3ccccc23)[n+]2ccc(-c3ccc(N(c4ccccc4)c4cccc5ccccc45)cc3)cc2)cc1. The van der Waals surface area contributed by atoms with Crippen LogP contribution < -0.4 is 9.47 Å². The number of pyridine rings is 1. The van der Waals surface area contributed by atoms with E-state index in [4.69, 9.17) is 0 Å². The summed E-state index contributed by atoms with van der Waals surface area (Å²) in [5.41, 5.74) is 8.34. The minimum atomic E-state index is 0.0591. The van der Waals surface area contributed by atoms with E-state index in [-0.39, 0.29) is 6.04 Å². The molecule has 0 aliphatic carbocycles. The summed E-state index contributed by atoms with van der Waals surface area (Å²) >= 11 is 0. The van der Waals surface area contributed by atoms with Crippen LogP contribution in [-0.2, 0) is 0 Å². The van der Waals surface area contributed by atoms with Crippen molar-refractivity contribution in [2.45, 2.75) is 6.04 Å². The van der Waals surface area contributed by atoms with Gasteiger partial charge >= 0.3 is 0 Å². The monoisotopic (exact) mass is 589 g/mol. The van der Waals surface area contributed by atoms with E-state index in [0.717, 1.165) is 17.1 Å². The normalized spacial score (nSPS) is 11.8. The minimum absolute atomic E-state index is 0.0591. The molecule has 0 spiro atoms. The molecule has 0 fully saturated rings. The molecular formula is C44H33N2+. The molecule has 0 aliphatic rings.